The third-order valence-electron chi connectivity index (χ3n) is 5.10. The molecule has 2 aliphatic rings. The Kier molecular flexibility index (Phi) is 4.96. The summed E-state index contributed by atoms with van der Waals surface area (Å²) in [5.74, 6) is 0. The highest BCUT2D eigenvalue weighted by Gasteiger charge is 2.22. The molecule has 27 heavy (non-hydrogen) atoms. The maximum absolute atomic E-state index is 11.6. The lowest BCUT2D eigenvalue weighted by atomic mass is 9.94. The van der Waals surface area contributed by atoms with Crippen LogP contribution >= 0.6 is 0 Å². The number of nitrogens with zero attached hydrogens (tertiary/aromatic N) is 4. The van der Waals surface area contributed by atoms with Crippen LogP contribution in [-0.4, -0.2) is 35.3 Å². The second kappa shape index (κ2) is 7.70. The van der Waals surface area contributed by atoms with Gasteiger partial charge in [-0.05, 0) is 61.1 Å². The molecule has 6 heteroatoms. The number of pyridine rings is 1. The molecule has 0 saturated carbocycles. The van der Waals surface area contributed by atoms with E-state index in [0.29, 0.717) is 0 Å². The van der Waals surface area contributed by atoms with E-state index in [4.69, 9.17) is 0 Å². The van der Waals surface area contributed by atoms with Crippen LogP contribution in [-0.2, 0) is 0 Å². The fraction of sp³-hybridized carbons (Fsp3) is 0.333. The van der Waals surface area contributed by atoms with Gasteiger partial charge in [-0.3, -0.25) is 20.1 Å². The van der Waals surface area contributed by atoms with Gasteiger partial charge < -0.3 is 4.90 Å². The van der Waals surface area contributed by atoms with E-state index in [9.17, 15) is 10.1 Å². The molecule has 1 aromatic carbocycles. The van der Waals surface area contributed by atoms with Crippen molar-refractivity contribution in [2.75, 3.05) is 24.5 Å². The summed E-state index contributed by atoms with van der Waals surface area (Å²) in [5.41, 5.74) is 4.80. The van der Waals surface area contributed by atoms with Crippen LogP contribution in [0.1, 0.15) is 36.8 Å². The van der Waals surface area contributed by atoms with Gasteiger partial charge in [-0.2, -0.15) is 0 Å². The summed E-state index contributed by atoms with van der Waals surface area (Å²) in [7, 11) is 0. The molecule has 0 radical (unpaired) electrons. The van der Waals surface area contributed by atoms with Gasteiger partial charge in [-0.1, -0.05) is 6.07 Å². The van der Waals surface area contributed by atoms with Crippen LogP contribution in [0.25, 0.3) is 6.08 Å². The number of nitro groups is 1. The van der Waals surface area contributed by atoms with E-state index in [1.807, 2.05) is 36.5 Å². The van der Waals surface area contributed by atoms with Gasteiger partial charge in [-0.15, -0.1) is 0 Å². The molecule has 0 amide bonds. The summed E-state index contributed by atoms with van der Waals surface area (Å²) >= 11 is 0. The Labute approximate surface area is 158 Å². The minimum Gasteiger partial charge on any atom is -0.366 e. The maximum Gasteiger partial charge on any atom is 0.293 e. The number of aliphatic imine (C=N–C) groups is 1. The summed E-state index contributed by atoms with van der Waals surface area (Å²) in [6.07, 6.45) is 9.68. The summed E-state index contributed by atoms with van der Waals surface area (Å²) in [6.45, 7) is 2.58. The number of rotatable bonds is 4. The molecule has 4 rings (SSSR count). The Morgan fingerprint density at radius 3 is 2.74 bits per heavy atom. The number of allylic oxidation sites excluding steroid dienone is 1. The normalized spacial score (nSPS) is 18.6. The van der Waals surface area contributed by atoms with Gasteiger partial charge in [0.25, 0.3) is 5.69 Å². The molecule has 138 valence electrons. The first-order valence-corrected chi connectivity index (χ1v) is 9.41. The molecule has 2 aromatic rings. The van der Waals surface area contributed by atoms with Crippen LogP contribution in [0.3, 0.4) is 0 Å². The summed E-state index contributed by atoms with van der Waals surface area (Å²) in [6, 6.07) is 9.46. The van der Waals surface area contributed by atoms with Gasteiger partial charge in [0.1, 0.15) is 5.69 Å². The van der Waals surface area contributed by atoms with Crippen molar-refractivity contribution < 1.29 is 4.92 Å². The molecule has 1 saturated heterocycles. The standard InChI is InChI=1S/C21H22N4O2/c26-25(27)20-14-16(7-8-19(20)24-11-1-2-12-24)13-17-5-4-10-23-21(17)18-6-3-9-22-15-18/h3,6-9,13-15H,1-2,4-5,10-12H2/b17-13+. The summed E-state index contributed by atoms with van der Waals surface area (Å²) in [5, 5.41) is 11.6. The Morgan fingerprint density at radius 2 is 2.00 bits per heavy atom. The number of nitro benzene ring substituents is 1. The largest absolute Gasteiger partial charge is 0.366 e. The molecule has 3 heterocycles. The minimum absolute atomic E-state index is 0.182. The van der Waals surface area contributed by atoms with Gasteiger partial charge in [0.05, 0.1) is 10.6 Å². The van der Waals surface area contributed by atoms with Crippen LogP contribution in [0.2, 0.25) is 0 Å². The summed E-state index contributed by atoms with van der Waals surface area (Å²) < 4.78 is 0. The van der Waals surface area contributed by atoms with E-state index in [2.05, 4.69) is 14.9 Å². The topological polar surface area (TPSA) is 71.6 Å². The predicted octanol–water partition coefficient (Wildman–Crippen LogP) is 4.26. The lowest BCUT2D eigenvalue weighted by Gasteiger charge is -2.18. The van der Waals surface area contributed by atoms with Crippen LogP contribution in [0.4, 0.5) is 11.4 Å². The Hall–Kier alpha value is -3.02. The second-order valence-corrected chi connectivity index (χ2v) is 6.94. The fourth-order valence-corrected chi connectivity index (χ4v) is 3.80. The van der Waals surface area contributed by atoms with E-state index < -0.39 is 0 Å². The van der Waals surface area contributed by atoms with Crippen LogP contribution in [0.15, 0.2) is 53.3 Å². The van der Waals surface area contributed by atoms with Crippen LogP contribution < -0.4 is 4.90 Å². The number of aromatic nitrogens is 1. The first-order valence-electron chi connectivity index (χ1n) is 9.41. The molecule has 6 nitrogen and oxygen atoms in total. The van der Waals surface area contributed by atoms with Crippen molar-refractivity contribution in [2.45, 2.75) is 25.7 Å². The predicted molar refractivity (Wildman–Crippen MR) is 107 cm³/mol. The van der Waals surface area contributed by atoms with E-state index in [0.717, 1.165) is 73.4 Å². The van der Waals surface area contributed by atoms with Gasteiger partial charge in [0, 0.05) is 43.7 Å². The van der Waals surface area contributed by atoms with E-state index >= 15 is 0 Å². The quantitative estimate of drug-likeness (QED) is 0.602. The molecule has 1 aromatic heterocycles. The Bertz CT molecular complexity index is 900. The molecule has 0 bridgehead atoms. The maximum atomic E-state index is 11.6. The molecule has 1 fully saturated rings. The summed E-state index contributed by atoms with van der Waals surface area (Å²) in [4.78, 5) is 22.3. The van der Waals surface area contributed by atoms with Crippen LogP contribution in [0, 0.1) is 10.1 Å². The zero-order valence-corrected chi connectivity index (χ0v) is 15.2. The molecule has 0 atom stereocenters. The average Bonchev–Trinajstić information content (AvgIpc) is 3.24. The van der Waals surface area contributed by atoms with E-state index in [-0.39, 0.29) is 10.6 Å². The van der Waals surface area contributed by atoms with Gasteiger partial charge in [0.15, 0.2) is 0 Å². The van der Waals surface area contributed by atoms with Gasteiger partial charge >= 0.3 is 0 Å². The van der Waals surface area contributed by atoms with Gasteiger partial charge in [-0.25, -0.2) is 0 Å². The lowest BCUT2D eigenvalue weighted by Crippen LogP contribution is -2.18. The third-order valence-corrected chi connectivity index (χ3v) is 5.10. The van der Waals surface area contributed by atoms with E-state index in [1.165, 1.54) is 0 Å². The third kappa shape index (κ3) is 3.74. The van der Waals surface area contributed by atoms with Crippen LogP contribution in [0.5, 0.6) is 0 Å². The molecule has 0 aliphatic carbocycles. The second-order valence-electron chi connectivity index (χ2n) is 6.94. The molecule has 2 aliphatic heterocycles. The van der Waals surface area contributed by atoms with Crippen molar-refractivity contribution in [1.29, 1.82) is 0 Å². The fourth-order valence-electron chi connectivity index (χ4n) is 3.80. The highest BCUT2D eigenvalue weighted by Crippen LogP contribution is 2.33. The van der Waals surface area contributed by atoms with Crippen molar-refractivity contribution in [3.63, 3.8) is 0 Å². The SMILES string of the molecule is O=[N+]([O-])c1cc(/C=C2\CCCN=C2c2cccnc2)ccc1N1CCCC1. The molecule has 0 N–H and O–H groups in total. The van der Waals surface area contributed by atoms with E-state index in [1.54, 1.807) is 12.3 Å². The molecular weight excluding hydrogens is 340 g/mol. The zero-order chi connectivity index (χ0) is 18.6. The Morgan fingerprint density at radius 1 is 1.15 bits per heavy atom. The smallest absolute Gasteiger partial charge is 0.293 e. The van der Waals surface area contributed by atoms with Crippen molar-refractivity contribution >= 4 is 23.2 Å². The van der Waals surface area contributed by atoms with Crippen molar-refractivity contribution in [1.82, 2.24) is 4.98 Å². The first-order chi connectivity index (χ1) is 13.2. The van der Waals surface area contributed by atoms with Crippen molar-refractivity contribution in [3.05, 3.63) is 69.5 Å². The monoisotopic (exact) mass is 362 g/mol. The molecule has 0 spiro atoms. The molecule has 0 unspecified atom stereocenters. The van der Waals surface area contributed by atoms with Crippen molar-refractivity contribution in [2.24, 2.45) is 4.99 Å². The highest BCUT2D eigenvalue weighted by atomic mass is 16.6. The Balaban J connectivity index is 1.70. The lowest BCUT2D eigenvalue weighted by molar-refractivity contribution is -0.384. The number of anilines is 1. The number of hydrogen-bond acceptors (Lipinski definition) is 5. The average molecular weight is 362 g/mol. The number of benzene rings is 1. The van der Waals surface area contributed by atoms with Gasteiger partial charge in [0.2, 0.25) is 0 Å². The first kappa shape index (κ1) is 17.4. The van der Waals surface area contributed by atoms with Crippen molar-refractivity contribution in [3.8, 4) is 0 Å². The minimum atomic E-state index is -0.271. The highest BCUT2D eigenvalue weighted by molar-refractivity contribution is 6.15. The number of hydrogen-bond donors (Lipinski definition) is 0. The molecular formula is C21H22N4O2. The zero-order valence-electron chi connectivity index (χ0n) is 15.2.